The van der Waals surface area contributed by atoms with Crippen LogP contribution in [-0.2, 0) is 4.79 Å². The van der Waals surface area contributed by atoms with E-state index < -0.39 is 18.2 Å². The van der Waals surface area contributed by atoms with E-state index in [1.165, 1.54) is 42.5 Å². The van der Waals surface area contributed by atoms with Gasteiger partial charge in [0.1, 0.15) is 11.5 Å². The third-order valence-electron chi connectivity index (χ3n) is 4.57. The van der Waals surface area contributed by atoms with Crippen molar-refractivity contribution in [2.24, 2.45) is 0 Å². The van der Waals surface area contributed by atoms with E-state index in [1.54, 1.807) is 24.3 Å². The Morgan fingerprint density at radius 1 is 0.971 bits per heavy atom. The molecule has 4 N–H and O–H groups in total. The number of hydrogen-bond acceptors (Lipinski definition) is 6. The van der Waals surface area contributed by atoms with Crippen molar-refractivity contribution in [3.8, 4) is 11.5 Å². The highest BCUT2D eigenvalue weighted by molar-refractivity contribution is 5.94. The van der Waals surface area contributed by atoms with E-state index in [2.05, 4.69) is 25.3 Å². The summed E-state index contributed by atoms with van der Waals surface area (Å²) in [6, 6.07) is 15.9. The van der Waals surface area contributed by atoms with Crippen LogP contribution in [0.5, 0.6) is 11.5 Å². The standard InChI is InChI=1S/C23H17F3N4O5/c24-23(25,26)35-16-6-4-14(5-7-16)28-22-29-18-9-8-17(11-19(18)30-22)34-12-20(31)27-15-3-1-2-13(10-15)21(32)33/h1-11H,12H2,(H,27,31)(H,32,33)(H2,28,29,30). The van der Waals surface area contributed by atoms with Gasteiger partial charge in [0.2, 0.25) is 5.95 Å². The summed E-state index contributed by atoms with van der Waals surface area (Å²) in [6.07, 6.45) is -4.76. The lowest BCUT2D eigenvalue weighted by molar-refractivity contribution is -0.274. The molecule has 4 aromatic rings. The number of nitrogens with zero attached hydrogens (tertiary/aromatic N) is 1. The number of nitrogens with one attached hydrogen (secondary N) is 3. The predicted molar refractivity (Wildman–Crippen MR) is 120 cm³/mol. The Morgan fingerprint density at radius 3 is 2.43 bits per heavy atom. The molecule has 0 spiro atoms. The molecule has 12 heteroatoms. The number of alkyl halides is 3. The summed E-state index contributed by atoms with van der Waals surface area (Å²) >= 11 is 0. The number of imidazole rings is 1. The molecular formula is C23H17F3N4O5. The van der Waals surface area contributed by atoms with Crippen molar-refractivity contribution in [2.75, 3.05) is 17.2 Å². The quantitative estimate of drug-likeness (QED) is 0.279. The zero-order valence-corrected chi connectivity index (χ0v) is 17.7. The fourth-order valence-corrected chi connectivity index (χ4v) is 3.09. The predicted octanol–water partition coefficient (Wildman–Crippen LogP) is 4.92. The van der Waals surface area contributed by atoms with E-state index in [0.29, 0.717) is 34.1 Å². The SMILES string of the molecule is O=C(COc1ccc2nc(Nc3ccc(OC(F)(F)F)cc3)[nH]c2c1)Nc1cccc(C(=O)O)c1. The summed E-state index contributed by atoms with van der Waals surface area (Å²) < 4.78 is 46.2. The molecule has 0 radical (unpaired) electrons. The number of hydrogen-bond donors (Lipinski definition) is 4. The first-order valence-corrected chi connectivity index (χ1v) is 10.0. The molecular weight excluding hydrogens is 469 g/mol. The van der Waals surface area contributed by atoms with Crippen molar-refractivity contribution in [2.45, 2.75) is 6.36 Å². The van der Waals surface area contributed by atoms with Crippen LogP contribution in [-0.4, -0.2) is 39.9 Å². The molecule has 0 unspecified atom stereocenters. The second kappa shape index (κ2) is 9.63. The molecule has 0 bridgehead atoms. The molecule has 0 fully saturated rings. The number of benzene rings is 3. The summed E-state index contributed by atoms with van der Waals surface area (Å²) in [5.41, 5.74) is 2.04. The number of aromatic carboxylic acids is 1. The van der Waals surface area contributed by atoms with Gasteiger partial charge in [-0.3, -0.25) is 4.79 Å². The molecule has 35 heavy (non-hydrogen) atoms. The molecule has 0 aliphatic rings. The Hall–Kier alpha value is -4.74. The zero-order chi connectivity index (χ0) is 25.0. The normalized spacial score (nSPS) is 11.2. The Labute approximate surface area is 195 Å². The summed E-state index contributed by atoms with van der Waals surface area (Å²) in [4.78, 5) is 30.5. The molecule has 180 valence electrons. The molecule has 0 aliphatic carbocycles. The second-order valence-electron chi connectivity index (χ2n) is 7.18. The van der Waals surface area contributed by atoms with Gasteiger partial charge >= 0.3 is 12.3 Å². The Balaban J connectivity index is 1.36. The number of fused-ring (bicyclic) bond motifs is 1. The van der Waals surface area contributed by atoms with Crippen LogP contribution in [0.2, 0.25) is 0 Å². The molecule has 1 amide bonds. The smallest absolute Gasteiger partial charge is 0.484 e. The van der Waals surface area contributed by atoms with Crippen LogP contribution < -0.4 is 20.1 Å². The number of amides is 1. The number of carbonyl (C=O) groups is 2. The number of ether oxygens (including phenoxy) is 2. The van der Waals surface area contributed by atoms with Gasteiger partial charge in [-0.25, -0.2) is 9.78 Å². The third kappa shape index (κ3) is 6.41. The van der Waals surface area contributed by atoms with Gasteiger partial charge in [0.05, 0.1) is 16.6 Å². The third-order valence-corrected chi connectivity index (χ3v) is 4.57. The monoisotopic (exact) mass is 486 g/mol. The number of aromatic nitrogens is 2. The number of carbonyl (C=O) groups excluding carboxylic acids is 1. The van der Waals surface area contributed by atoms with Gasteiger partial charge < -0.3 is 30.2 Å². The number of carboxylic acids is 1. The topological polar surface area (TPSA) is 126 Å². The van der Waals surface area contributed by atoms with Crippen molar-refractivity contribution in [3.05, 3.63) is 72.3 Å². The highest BCUT2D eigenvalue weighted by Gasteiger charge is 2.30. The number of halogens is 3. The number of aromatic amines is 1. The second-order valence-corrected chi connectivity index (χ2v) is 7.18. The van der Waals surface area contributed by atoms with E-state index >= 15 is 0 Å². The highest BCUT2D eigenvalue weighted by Crippen LogP contribution is 2.26. The average molecular weight is 486 g/mol. The fourth-order valence-electron chi connectivity index (χ4n) is 3.09. The highest BCUT2D eigenvalue weighted by atomic mass is 19.4. The van der Waals surface area contributed by atoms with E-state index in [0.717, 1.165) is 0 Å². The maximum Gasteiger partial charge on any atom is 0.573 e. The van der Waals surface area contributed by atoms with Gasteiger partial charge in [-0.1, -0.05) is 6.07 Å². The Kier molecular flexibility index (Phi) is 6.44. The van der Waals surface area contributed by atoms with Crippen molar-refractivity contribution >= 4 is 40.2 Å². The van der Waals surface area contributed by atoms with E-state index in [1.807, 2.05) is 0 Å². The maximum atomic E-state index is 12.3. The lowest BCUT2D eigenvalue weighted by Gasteiger charge is -2.09. The zero-order valence-electron chi connectivity index (χ0n) is 17.7. The number of rotatable bonds is 8. The van der Waals surface area contributed by atoms with Crippen LogP contribution >= 0.6 is 0 Å². The maximum absolute atomic E-state index is 12.3. The number of anilines is 3. The van der Waals surface area contributed by atoms with Crippen molar-refractivity contribution in [1.29, 1.82) is 0 Å². The van der Waals surface area contributed by atoms with Crippen LogP contribution in [0.1, 0.15) is 10.4 Å². The first-order valence-electron chi connectivity index (χ1n) is 10.0. The fraction of sp³-hybridized carbons (Fsp3) is 0.0870. The van der Waals surface area contributed by atoms with Gasteiger partial charge in [0, 0.05) is 17.4 Å². The average Bonchev–Trinajstić information content (AvgIpc) is 3.19. The van der Waals surface area contributed by atoms with Crippen molar-refractivity contribution in [3.63, 3.8) is 0 Å². The van der Waals surface area contributed by atoms with Crippen LogP contribution in [0.3, 0.4) is 0 Å². The Bertz CT molecular complexity index is 1370. The molecule has 0 saturated carbocycles. The van der Waals surface area contributed by atoms with E-state index in [9.17, 15) is 22.8 Å². The largest absolute Gasteiger partial charge is 0.573 e. The van der Waals surface area contributed by atoms with E-state index in [-0.39, 0.29) is 17.9 Å². The van der Waals surface area contributed by atoms with Crippen LogP contribution in [0.15, 0.2) is 66.7 Å². The molecule has 1 heterocycles. The first kappa shape index (κ1) is 23.4. The van der Waals surface area contributed by atoms with Gasteiger partial charge in [-0.05, 0) is 54.6 Å². The summed E-state index contributed by atoms with van der Waals surface area (Å²) in [6.45, 7) is -0.311. The van der Waals surface area contributed by atoms with Crippen LogP contribution in [0.4, 0.5) is 30.5 Å². The minimum Gasteiger partial charge on any atom is -0.484 e. The number of H-pyrrole nitrogens is 1. The molecule has 1 aromatic heterocycles. The molecule has 4 rings (SSSR count). The van der Waals surface area contributed by atoms with Gasteiger partial charge in [0.15, 0.2) is 6.61 Å². The minimum absolute atomic E-state index is 0.0448. The molecule has 0 aliphatic heterocycles. The van der Waals surface area contributed by atoms with Crippen LogP contribution in [0.25, 0.3) is 11.0 Å². The van der Waals surface area contributed by atoms with Gasteiger partial charge in [-0.2, -0.15) is 0 Å². The van der Waals surface area contributed by atoms with Crippen molar-refractivity contribution < 1.29 is 37.3 Å². The minimum atomic E-state index is -4.76. The number of carboxylic acid groups (broad SMARTS) is 1. The van der Waals surface area contributed by atoms with Crippen LogP contribution in [0, 0.1) is 0 Å². The first-order chi connectivity index (χ1) is 16.6. The summed E-state index contributed by atoms with van der Waals surface area (Å²) in [5, 5.41) is 14.5. The van der Waals surface area contributed by atoms with Gasteiger partial charge in [-0.15, -0.1) is 13.2 Å². The summed E-state index contributed by atoms with van der Waals surface area (Å²) in [5.74, 6) is -1.19. The molecule has 9 nitrogen and oxygen atoms in total. The Morgan fingerprint density at radius 2 is 1.71 bits per heavy atom. The molecule has 0 atom stereocenters. The lowest BCUT2D eigenvalue weighted by atomic mass is 10.2. The lowest BCUT2D eigenvalue weighted by Crippen LogP contribution is -2.20. The molecule has 3 aromatic carbocycles. The van der Waals surface area contributed by atoms with Gasteiger partial charge in [0.25, 0.3) is 5.91 Å². The molecule has 0 saturated heterocycles. The van der Waals surface area contributed by atoms with Crippen molar-refractivity contribution in [1.82, 2.24) is 9.97 Å². The summed E-state index contributed by atoms with van der Waals surface area (Å²) in [7, 11) is 0. The van der Waals surface area contributed by atoms with E-state index in [4.69, 9.17) is 9.84 Å².